The number of rotatable bonds is 9. The standard InChI is InChI=1S/C27H29BrN2O3/c1-4-30(21-10-6-5-7-11-21)27(32)22-12-8-9-13-24(22)29-26(31)23-18-20(28)14-15-25(23)33-17-16-19(2)3/h5-15,18-19H,4,16-17H2,1-3H3,(H,29,31). The lowest BCUT2D eigenvalue weighted by atomic mass is 10.1. The van der Waals surface area contributed by atoms with Crippen molar-refractivity contribution in [2.45, 2.75) is 27.2 Å². The lowest BCUT2D eigenvalue weighted by Gasteiger charge is -2.22. The van der Waals surface area contributed by atoms with Crippen LogP contribution >= 0.6 is 15.9 Å². The first kappa shape index (κ1) is 24.5. The predicted molar refractivity (Wildman–Crippen MR) is 137 cm³/mol. The number of carbonyl (C=O) groups is 2. The first-order chi connectivity index (χ1) is 15.9. The maximum atomic E-state index is 13.4. The number of hydrogen-bond donors (Lipinski definition) is 1. The van der Waals surface area contributed by atoms with Crippen LogP contribution in [0.2, 0.25) is 0 Å². The molecule has 0 fully saturated rings. The Morgan fingerprint density at radius 3 is 2.36 bits per heavy atom. The van der Waals surface area contributed by atoms with E-state index in [2.05, 4.69) is 35.1 Å². The van der Waals surface area contributed by atoms with Crippen LogP contribution in [0.4, 0.5) is 11.4 Å². The number of carbonyl (C=O) groups excluding carboxylic acids is 2. The molecule has 33 heavy (non-hydrogen) atoms. The number of nitrogens with zero attached hydrogens (tertiary/aromatic N) is 1. The van der Waals surface area contributed by atoms with Gasteiger partial charge in [0.15, 0.2) is 0 Å². The molecule has 3 rings (SSSR count). The quantitative estimate of drug-likeness (QED) is 0.346. The van der Waals surface area contributed by atoms with Gasteiger partial charge in [0.2, 0.25) is 0 Å². The first-order valence-electron chi connectivity index (χ1n) is 11.1. The molecule has 3 aromatic rings. The van der Waals surface area contributed by atoms with Crippen LogP contribution in [-0.4, -0.2) is 25.0 Å². The Labute approximate surface area is 203 Å². The molecule has 0 aromatic heterocycles. The summed E-state index contributed by atoms with van der Waals surface area (Å²) in [5.74, 6) is 0.502. The molecule has 2 amide bonds. The molecule has 0 aliphatic rings. The molecule has 6 heteroatoms. The van der Waals surface area contributed by atoms with Gasteiger partial charge in [-0.15, -0.1) is 0 Å². The molecule has 0 aliphatic carbocycles. The number of ether oxygens (including phenoxy) is 1. The Hall–Kier alpha value is -3.12. The third-order valence-corrected chi connectivity index (χ3v) is 5.67. The van der Waals surface area contributed by atoms with Gasteiger partial charge in [-0.2, -0.15) is 0 Å². The van der Waals surface area contributed by atoms with E-state index < -0.39 is 0 Å². The predicted octanol–water partition coefficient (Wildman–Crippen LogP) is 6.79. The summed E-state index contributed by atoms with van der Waals surface area (Å²) >= 11 is 3.44. The molecule has 3 aromatic carbocycles. The van der Waals surface area contributed by atoms with Crippen molar-refractivity contribution in [1.82, 2.24) is 0 Å². The maximum absolute atomic E-state index is 13.4. The molecule has 5 nitrogen and oxygen atoms in total. The van der Waals surface area contributed by atoms with Gasteiger partial charge in [0.05, 0.1) is 23.4 Å². The van der Waals surface area contributed by atoms with E-state index in [0.717, 1.165) is 16.6 Å². The average Bonchev–Trinajstić information content (AvgIpc) is 2.81. The molecule has 0 bridgehead atoms. The van der Waals surface area contributed by atoms with Gasteiger partial charge in [-0.25, -0.2) is 0 Å². The zero-order valence-electron chi connectivity index (χ0n) is 19.2. The monoisotopic (exact) mass is 508 g/mol. The summed E-state index contributed by atoms with van der Waals surface area (Å²) in [6.07, 6.45) is 0.890. The summed E-state index contributed by atoms with van der Waals surface area (Å²) in [7, 11) is 0. The van der Waals surface area contributed by atoms with Gasteiger partial charge in [0.25, 0.3) is 11.8 Å². The zero-order valence-corrected chi connectivity index (χ0v) is 20.8. The zero-order chi connectivity index (χ0) is 23.8. The van der Waals surface area contributed by atoms with Crippen LogP contribution in [0.1, 0.15) is 47.9 Å². The van der Waals surface area contributed by atoms with Gasteiger partial charge in [-0.05, 0) is 61.7 Å². The number of halogens is 1. The summed E-state index contributed by atoms with van der Waals surface area (Å²) in [5.41, 5.74) is 2.09. The van der Waals surface area contributed by atoms with E-state index in [0.29, 0.717) is 41.6 Å². The number of anilines is 2. The maximum Gasteiger partial charge on any atom is 0.260 e. The summed E-state index contributed by atoms with van der Waals surface area (Å²) in [6, 6.07) is 21.9. The second-order valence-corrected chi connectivity index (χ2v) is 8.97. The Kier molecular flexibility index (Phi) is 8.66. The molecule has 0 saturated heterocycles. The van der Waals surface area contributed by atoms with E-state index in [9.17, 15) is 9.59 Å². The summed E-state index contributed by atoms with van der Waals surface area (Å²) in [6.45, 7) is 7.21. The lowest BCUT2D eigenvalue weighted by Crippen LogP contribution is -2.31. The molecular formula is C27H29BrN2O3. The second-order valence-electron chi connectivity index (χ2n) is 8.06. The van der Waals surface area contributed by atoms with Crippen LogP contribution in [0, 0.1) is 5.92 Å². The van der Waals surface area contributed by atoms with Crippen LogP contribution < -0.4 is 15.0 Å². The fourth-order valence-corrected chi connectivity index (χ4v) is 3.74. The van der Waals surface area contributed by atoms with Gasteiger partial charge < -0.3 is 15.0 Å². The summed E-state index contributed by atoms with van der Waals surface area (Å²) in [4.78, 5) is 28.3. The van der Waals surface area contributed by atoms with Crippen LogP contribution in [-0.2, 0) is 0 Å². The highest BCUT2D eigenvalue weighted by Crippen LogP contribution is 2.27. The van der Waals surface area contributed by atoms with Crippen molar-refractivity contribution in [3.05, 3.63) is 88.4 Å². The van der Waals surface area contributed by atoms with Crippen molar-refractivity contribution in [2.24, 2.45) is 5.92 Å². The van der Waals surface area contributed by atoms with E-state index in [1.807, 2.05) is 43.3 Å². The smallest absolute Gasteiger partial charge is 0.260 e. The van der Waals surface area contributed by atoms with Gasteiger partial charge >= 0.3 is 0 Å². The largest absolute Gasteiger partial charge is 0.493 e. The molecule has 0 saturated carbocycles. The van der Waals surface area contributed by atoms with Crippen molar-refractivity contribution in [1.29, 1.82) is 0 Å². The van der Waals surface area contributed by atoms with Gasteiger partial charge in [-0.1, -0.05) is 60.1 Å². The normalized spacial score (nSPS) is 10.7. The van der Waals surface area contributed by atoms with Gasteiger partial charge in [0, 0.05) is 16.7 Å². The Morgan fingerprint density at radius 2 is 1.67 bits per heavy atom. The third-order valence-electron chi connectivity index (χ3n) is 5.17. The number of hydrogen-bond acceptors (Lipinski definition) is 3. The lowest BCUT2D eigenvalue weighted by molar-refractivity contribution is 0.0989. The molecule has 1 N–H and O–H groups in total. The van der Waals surface area contributed by atoms with Crippen molar-refractivity contribution in [2.75, 3.05) is 23.4 Å². The fourth-order valence-electron chi connectivity index (χ4n) is 3.38. The summed E-state index contributed by atoms with van der Waals surface area (Å²) in [5, 5.41) is 2.92. The summed E-state index contributed by atoms with van der Waals surface area (Å²) < 4.78 is 6.67. The molecular weight excluding hydrogens is 480 g/mol. The Morgan fingerprint density at radius 1 is 0.970 bits per heavy atom. The highest BCUT2D eigenvalue weighted by molar-refractivity contribution is 9.10. The van der Waals surface area contributed by atoms with E-state index in [1.54, 1.807) is 41.3 Å². The SMILES string of the molecule is CCN(C(=O)c1ccccc1NC(=O)c1cc(Br)ccc1OCCC(C)C)c1ccccc1. The molecule has 0 radical (unpaired) electrons. The molecule has 0 aliphatic heterocycles. The minimum Gasteiger partial charge on any atom is -0.493 e. The van der Waals surface area contributed by atoms with Crippen molar-refractivity contribution < 1.29 is 14.3 Å². The minimum atomic E-state index is -0.334. The Balaban J connectivity index is 1.86. The van der Waals surface area contributed by atoms with Crippen molar-refractivity contribution in [3.8, 4) is 5.75 Å². The number of para-hydroxylation sites is 2. The van der Waals surface area contributed by atoms with Crippen LogP contribution in [0.15, 0.2) is 77.3 Å². The topological polar surface area (TPSA) is 58.6 Å². The molecule has 0 spiro atoms. The van der Waals surface area contributed by atoms with E-state index in [-0.39, 0.29) is 11.8 Å². The third kappa shape index (κ3) is 6.45. The second kappa shape index (κ2) is 11.7. The number of benzene rings is 3. The number of amides is 2. The first-order valence-corrected chi connectivity index (χ1v) is 11.9. The van der Waals surface area contributed by atoms with E-state index in [4.69, 9.17) is 4.74 Å². The fraction of sp³-hybridized carbons (Fsp3) is 0.259. The van der Waals surface area contributed by atoms with Crippen LogP contribution in [0.5, 0.6) is 5.75 Å². The highest BCUT2D eigenvalue weighted by atomic mass is 79.9. The average molecular weight is 509 g/mol. The molecule has 0 unspecified atom stereocenters. The molecule has 0 atom stereocenters. The van der Waals surface area contributed by atoms with Crippen molar-refractivity contribution in [3.63, 3.8) is 0 Å². The molecule has 172 valence electrons. The van der Waals surface area contributed by atoms with Gasteiger partial charge in [-0.3, -0.25) is 9.59 Å². The molecule has 0 heterocycles. The highest BCUT2D eigenvalue weighted by Gasteiger charge is 2.21. The minimum absolute atomic E-state index is 0.178. The van der Waals surface area contributed by atoms with E-state index >= 15 is 0 Å². The van der Waals surface area contributed by atoms with E-state index in [1.165, 1.54) is 0 Å². The van der Waals surface area contributed by atoms with Gasteiger partial charge in [0.1, 0.15) is 5.75 Å². The van der Waals surface area contributed by atoms with Crippen LogP contribution in [0.3, 0.4) is 0 Å². The number of nitrogens with one attached hydrogen (secondary N) is 1. The van der Waals surface area contributed by atoms with Crippen LogP contribution in [0.25, 0.3) is 0 Å². The Bertz CT molecular complexity index is 1100. The van der Waals surface area contributed by atoms with Crippen molar-refractivity contribution >= 4 is 39.1 Å².